The van der Waals surface area contributed by atoms with E-state index in [1.807, 2.05) is 48.2 Å². The van der Waals surface area contributed by atoms with Crippen molar-refractivity contribution >= 4 is 17.5 Å². The van der Waals surface area contributed by atoms with Crippen molar-refractivity contribution in [3.63, 3.8) is 0 Å². The number of likely N-dealkylation sites (tertiary alicyclic amines) is 1. The zero-order valence-corrected chi connectivity index (χ0v) is 16.4. The third kappa shape index (κ3) is 4.76. The van der Waals surface area contributed by atoms with Crippen molar-refractivity contribution in [1.29, 1.82) is 0 Å². The lowest BCUT2D eigenvalue weighted by Gasteiger charge is -2.32. The van der Waals surface area contributed by atoms with Crippen molar-refractivity contribution in [1.82, 2.24) is 4.90 Å². The van der Waals surface area contributed by atoms with Crippen LogP contribution in [-0.2, 0) is 4.79 Å². The van der Waals surface area contributed by atoms with E-state index in [1.165, 1.54) is 5.56 Å². The molecule has 1 aliphatic heterocycles. The summed E-state index contributed by atoms with van der Waals surface area (Å²) in [6.45, 7) is 7.46. The molecule has 0 aliphatic carbocycles. The van der Waals surface area contributed by atoms with Gasteiger partial charge < -0.3 is 10.2 Å². The zero-order chi connectivity index (χ0) is 19.4. The van der Waals surface area contributed by atoms with Gasteiger partial charge in [-0.15, -0.1) is 0 Å². The third-order valence-corrected chi connectivity index (χ3v) is 5.19. The first kappa shape index (κ1) is 19.2. The fraction of sp³-hybridized carbons (Fsp3) is 0.391. The van der Waals surface area contributed by atoms with E-state index in [2.05, 4.69) is 31.3 Å². The van der Waals surface area contributed by atoms with Gasteiger partial charge in [0.25, 0.3) is 5.91 Å². The maximum atomic E-state index is 12.8. The van der Waals surface area contributed by atoms with Crippen LogP contribution in [0.15, 0.2) is 48.5 Å². The van der Waals surface area contributed by atoms with Crippen LogP contribution in [-0.4, -0.2) is 29.8 Å². The second-order valence-electron chi connectivity index (χ2n) is 7.73. The summed E-state index contributed by atoms with van der Waals surface area (Å²) in [4.78, 5) is 27.3. The molecule has 0 aromatic heterocycles. The first-order valence-electron chi connectivity index (χ1n) is 9.71. The molecule has 1 N–H and O–H groups in total. The number of carbonyl (C=O) groups is 2. The highest BCUT2D eigenvalue weighted by Gasteiger charge is 2.29. The Morgan fingerprint density at radius 1 is 1.11 bits per heavy atom. The molecule has 1 fully saturated rings. The highest BCUT2D eigenvalue weighted by Crippen LogP contribution is 2.22. The van der Waals surface area contributed by atoms with Gasteiger partial charge in [-0.1, -0.05) is 43.7 Å². The normalized spacial score (nSPS) is 17.0. The average molecular weight is 364 g/mol. The van der Waals surface area contributed by atoms with Crippen LogP contribution < -0.4 is 5.32 Å². The van der Waals surface area contributed by atoms with Crippen molar-refractivity contribution in [3.8, 4) is 0 Å². The second-order valence-corrected chi connectivity index (χ2v) is 7.73. The first-order valence-corrected chi connectivity index (χ1v) is 9.71. The van der Waals surface area contributed by atoms with E-state index in [0.717, 1.165) is 24.1 Å². The lowest BCUT2D eigenvalue weighted by atomic mass is 9.96. The Morgan fingerprint density at radius 2 is 1.85 bits per heavy atom. The Bertz CT molecular complexity index is 811. The lowest BCUT2D eigenvalue weighted by molar-refractivity contribution is -0.121. The minimum atomic E-state index is -0.169. The highest BCUT2D eigenvalue weighted by atomic mass is 16.2. The number of rotatable bonds is 4. The summed E-state index contributed by atoms with van der Waals surface area (Å²) in [6.07, 6.45) is 1.66. The summed E-state index contributed by atoms with van der Waals surface area (Å²) in [6, 6.07) is 15.6. The van der Waals surface area contributed by atoms with Gasteiger partial charge in [-0.25, -0.2) is 0 Å². The van der Waals surface area contributed by atoms with Gasteiger partial charge >= 0.3 is 0 Å². The lowest BCUT2D eigenvalue weighted by Crippen LogP contribution is -2.43. The molecule has 1 unspecified atom stereocenters. The molecule has 1 heterocycles. The molecule has 1 saturated heterocycles. The predicted octanol–water partition coefficient (Wildman–Crippen LogP) is 4.61. The Labute approximate surface area is 161 Å². The molecular weight excluding hydrogens is 336 g/mol. The molecule has 0 bridgehead atoms. The Balaban J connectivity index is 1.63. The van der Waals surface area contributed by atoms with Crippen LogP contribution in [0.4, 0.5) is 5.69 Å². The summed E-state index contributed by atoms with van der Waals surface area (Å²) in [5.74, 6) is 0.304. The third-order valence-electron chi connectivity index (χ3n) is 5.19. The van der Waals surface area contributed by atoms with Gasteiger partial charge in [-0.3, -0.25) is 9.59 Å². The fourth-order valence-electron chi connectivity index (χ4n) is 3.53. The largest absolute Gasteiger partial charge is 0.338 e. The van der Waals surface area contributed by atoms with Crippen molar-refractivity contribution < 1.29 is 9.59 Å². The van der Waals surface area contributed by atoms with Gasteiger partial charge in [0.2, 0.25) is 5.91 Å². The minimum absolute atomic E-state index is 0.00552. The molecule has 3 rings (SSSR count). The van der Waals surface area contributed by atoms with Gasteiger partial charge in [-0.05, 0) is 55.5 Å². The van der Waals surface area contributed by atoms with E-state index >= 15 is 0 Å². The van der Waals surface area contributed by atoms with Crippen LogP contribution in [0.5, 0.6) is 0 Å². The number of amides is 2. The van der Waals surface area contributed by atoms with Crippen molar-refractivity contribution in [2.24, 2.45) is 5.92 Å². The van der Waals surface area contributed by atoms with Crippen LogP contribution in [0.3, 0.4) is 0 Å². The molecule has 1 aliphatic rings. The quantitative estimate of drug-likeness (QED) is 0.861. The molecule has 4 heteroatoms. The molecule has 1 atom stereocenters. The van der Waals surface area contributed by atoms with Gasteiger partial charge in [0, 0.05) is 24.3 Å². The molecule has 142 valence electrons. The molecule has 4 nitrogen and oxygen atoms in total. The molecular formula is C23H28N2O2. The highest BCUT2D eigenvalue weighted by molar-refractivity contribution is 5.96. The van der Waals surface area contributed by atoms with Gasteiger partial charge in [0.15, 0.2) is 0 Å². The number of benzene rings is 2. The Hall–Kier alpha value is -2.62. The van der Waals surface area contributed by atoms with Crippen LogP contribution in [0.1, 0.15) is 54.1 Å². The smallest absolute Gasteiger partial charge is 0.253 e. The number of hydrogen-bond donors (Lipinski definition) is 1. The summed E-state index contributed by atoms with van der Waals surface area (Å²) in [5, 5.41) is 3.01. The summed E-state index contributed by atoms with van der Waals surface area (Å²) in [5.41, 5.74) is 3.82. The molecule has 27 heavy (non-hydrogen) atoms. The van der Waals surface area contributed by atoms with Crippen LogP contribution in [0, 0.1) is 12.8 Å². The van der Waals surface area contributed by atoms with E-state index in [1.54, 1.807) is 0 Å². The average Bonchev–Trinajstić information content (AvgIpc) is 2.68. The van der Waals surface area contributed by atoms with E-state index in [0.29, 0.717) is 24.6 Å². The summed E-state index contributed by atoms with van der Waals surface area (Å²) in [7, 11) is 0. The maximum absolute atomic E-state index is 12.8. The molecule has 2 aromatic rings. The van der Waals surface area contributed by atoms with Crippen molar-refractivity contribution in [3.05, 3.63) is 65.2 Å². The van der Waals surface area contributed by atoms with E-state index in [9.17, 15) is 9.59 Å². The number of hydrogen-bond acceptors (Lipinski definition) is 2. The Morgan fingerprint density at radius 3 is 2.52 bits per heavy atom. The van der Waals surface area contributed by atoms with E-state index < -0.39 is 0 Å². The van der Waals surface area contributed by atoms with Crippen LogP contribution in [0.25, 0.3) is 0 Å². The zero-order valence-electron chi connectivity index (χ0n) is 16.4. The number of carbonyl (C=O) groups excluding carboxylic acids is 2. The van der Waals surface area contributed by atoms with Gasteiger partial charge in [0.1, 0.15) is 0 Å². The number of piperidine rings is 1. The van der Waals surface area contributed by atoms with Crippen molar-refractivity contribution in [2.45, 2.75) is 39.5 Å². The fourth-order valence-corrected chi connectivity index (χ4v) is 3.53. The molecule has 2 aromatic carbocycles. The van der Waals surface area contributed by atoms with E-state index in [4.69, 9.17) is 0 Å². The topological polar surface area (TPSA) is 49.4 Å². The monoisotopic (exact) mass is 364 g/mol. The number of aryl methyl sites for hydroxylation is 1. The summed E-state index contributed by atoms with van der Waals surface area (Å²) < 4.78 is 0. The van der Waals surface area contributed by atoms with Gasteiger partial charge in [-0.2, -0.15) is 0 Å². The summed E-state index contributed by atoms with van der Waals surface area (Å²) >= 11 is 0. The number of nitrogens with one attached hydrogen (secondary N) is 1. The van der Waals surface area contributed by atoms with Gasteiger partial charge in [0.05, 0.1) is 5.92 Å². The standard InChI is InChI=1S/C23H28N2O2/c1-16(2)18-9-11-21(12-10-18)24-22(26)20-8-5-13-25(15-20)23(27)19-7-4-6-17(3)14-19/h4,6-7,9-12,14,16,20H,5,8,13,15H2,1-3H3,(H,24,26). The first-order chi connectivity index (χ1) is 12.9. The van der Waals surface area contributed by atoms with Crippen molar-refractivity contribution in [2.75, 3.05) is 18.4 Å². The molecule has 0 spiro atoms. The molecule has 2 amide bonds. The van der Waals surface area contributed by atoms with E-state index in [-0.39, 0.29) is 17.7 Å². The minimum Gasteiger partial charge on any atom is -0.338 e. The molecule has 0 radical (unpaired) electrons. The SMILES string of the molecule is Cc1cccc(C(=O)N2CCCC(C(=O)Nc3ccc(C(C)C)cc3)C2)c1. The number of nitrogens with zero attached hydrogens (tertiary/aromatic N) is 1. The maximum Gasteiger partial charge on any atom is 0.253 e. The second kappa shape index (κ2) is 8.38. The van der Waals surface area contributed by atoms with Crippen LogP contribution in [0.2, 0.25) is 0 Å². The number of anilines is 1. The Kier molecular flexibility index (Phi) is 5.94. The predicted molar refractivity (Wildman–Crippen MR) is 109 cm³/mol. The molecule has 0 saturated carbocycles. The van der Waals surface area contributed by atoms with Crippen LogP contribution >= 0.6 is 0 Å².